The number of carbonyl (C=O) groups is 1. The van der Waals surface area contributed by atoms with Crippen LogP contribution in [0.3, 0.4) is 0 Å². The monoisotopic (exact) mass is 380 g/mol. The van der Waals surface area contributed by atoms with Gasteiger partial charge in [0.2, 0.25) is 6.79 Å². The number of fused-ring (bicyclic) bond motifs is 1. The number of amides is 1. The van der Waals surface area contributed by atoms with Gasteiger partial charge in [0.1, 0.15) is 5.01 Å². The van der Waals surface area contributed by atoms with E-state index in [0.29, 0.717) is 11.3 Å². The van der Waals surface area contributed by atoms with Crippen molar-refractivity contribution in [3.05, 3.63) is 64.7 Å². The van der Waals surface area contributed by atoms with E-state index < -0.39 is 5.54 Å². The molecule has 1 aromatic heterocycles. The van der Waals surface area contributed by atoms with Gasteiger partial charge in [0.25, 0.3) is 5.91 Å². The summed E-state index contributed by atoms with van der Waals surface area (Å²) in [7, 11) is 0. The van der Waals surface area contributed by atoms with E-state index in [1.165, 1.54) is 0 Å². The fourth-order valence-electron chi connectivity index (χ4n) is 2.96. The zero-order valence-corrected chi connectivity index (χ0v) is 16.2. The lowest BCUT2D eigenvalue weighted by Gasteiger charge is -2.27. The van der Waals surface area contributed by atoms with Gasteiger partial charge in [-0.05, 0) is 50.6 Å². The Balaban J connectivity index is 1.51. The highest BCUT2D eigenvalue weighted by atomic mass is 32.1. The number of hydrogen-bond acceptors (Lipinski definition) is 5. The quantitative estimate of drug-likeness (QED) is 0.723. The largest absolute Gasteiger partial charge is 0.454 e. The number of aromatic nitrogens is 1. The van der Waals surface area contributed by atoms with Crippen LogP contribution in [-0.2, 0) is 5.54 Å². The highest BCUT2D eigenvalue weighted by Crippen LogP contribution is 2.35. The standard InChI is InChI=1S/C21H20N2O3S/c1-13-11-27-20(22-13)15-6-4-14(5-7-15)19(24)23-21(2,3)16-8-9-17-18(10-16)26-12-25-17/h4-11H,12H2,1-3H3,(H,23,24). The van der Waals surface area contributed by atoms with E-state index in [0.717, 1.165) is 27.6 Å². The van der Waals surface area contributed by atoms with Crippen LogP contribution in [0.4, 0.5) is 0 Å². The number of benzene rings is 2. The summed E-state index contributed by atoms with van der Waals surface area (Å²) in [6.07, 6.45) is 0. The third-order valence-corrected chi connectivity index (χ3v) is 5.54. The zero-order chi connectivity index (χ0) is 19.0. The fraction of sp³-hybridized carbons (Fsp3) is 0.238. The predicted octanol–water partition coefficient (Wildman–Crippen LogP) is 4.51. The van der Waals surface area contributed by atoms with Crippen LogP contribution in [0.15, 0.2) is 47.8 Å². The lowest BCUT2D eigenvalue weighted by molar-refractivity contribution is 0.0912. The number of carbonyl (C=O) groups excluding carboxylic acids is 1. The lowest BCUT2D eigenvalue weighted by Crippen LogP contribution is -2.40. The highest BCUT2D eigenvalue weighted by molar-refractivity contribution is 7.13. The minimum atomic E-state index is -0.552. The van der Waals surface area contributed by atoms with E-state index in [4.69, 9.17) is 9.47 Å². The van der Waals surface area contributed by atoms with E-state index in [9.17, 15) is 4.79 Å². The molecule has 5 nitrogen and oxygen atoms in total. The molecule has 2 aromatic carbocycles. The summed E-state index contributed by atoms with van der Waals surface area (Å²) in [4.78, 5) is 17.2. The smallest absolute Gasteiger partial charge is 0.251 e. The van der Waals surface area contributed by atoms with Crippen molar-refractivity contribution >= 4 is 17.2 Å². The van der Waals surface area contributed by atoms with Gasteiger partial charge in [-0.15, -0.1) is 11.3 Å². The van der Waals surface area contributed by atoms with Gasteiger partial charge in [0.05, 0.1) is 5.54 Å². The van der Waals surface area contributed by atoms with E-state index in [1.54, 1.807) is 11.3 Å². The van der Waals surface area contributed by atoms with E-state index in [2.05, 4.69) is 10.3 Å². The van der Waals surface area contributed by atoms with Crippen molar-refractivity contribution in [1.29, 1.82) is 0 Å². The number of thiazole rings is 1. The molecule has 1 aliphatic heterocycles. The third-order valence-electron chi connectivity index (χ3n) is 4.53. The molecule has 1 aliphatic rings. The van der Waals surface area contributed by atoms with Gasteiger partial charge < -0.3 is 14.8 Å². The third kappa shape index (κ3) is 3.53. The molecule has 3 aromatic rings. The van der Waals surface area contributed by atoms with Crippen molar-refractivity contribution in [2.45, 2.75) is 26.3 Å². The Morgan fingerprint density at radius 2 is 1.85 bits per heavy atom. The van der Waals surface area contributed by atoms with Gasteiger partial charge in [-0.3, -0.25) is 4.79 Å². The molecule has 2 heterocycles. The summed E-state index contributed by atoms with van der Waals surface area (Å²) in [6.45, 7) is 6.14. The van der Waals surface area contributed by atoms with Crippen molar-refractivity contribution in [3.8, 4) is 22.1 Å². The number of nitrogens with one attached hydrogen (secondary N) is 1. The molecular weight excluding hydrogens is 360 g/mol. The first kappa shape index (κ1) is 17.5. The molecular formula is C21H20N2O3S. The Bertz CT molecular complexity index is 993. The second-order valence-corrected chi connectivity index (χ2v) is 7.88. The summed E-state index contributed by atoms with van der Waals surface area (Å²) in [5.41, 5.74) is 3.03. The predicted molar refractivity (Wildman–Crippen MR) is 105 cm³/mol. The zero-order valence-electron chi connectivity index (χ0n) is 15.4. The van der Waals surface area contributed by atoms with Gasteiger partial charge >= 0.3 is 0 Å². The van der Waals surface area contributed by atoms with Crippen molar-refractivity contribution in [3.63, 3.8) is 0 Å². The molecule has 0 saturated carbocycles. The average molecular weight is 380 g/mol. The number of aryl methyl sites for hydroxylation is 1. The molecule has 1 N–H and O–H groups in total. The first-order chi connectivity index (χ1) is 12.9. The first-order valence-electron chi connectivity index (χ1n) is 8.67. The molecule has 0 fully saturated rings. The fourth-order valence-corrected chi connectivity index (χ4v) is 3.77. The van der Waals surface area contributed by atoms with Crippen LogP contribution >= 0.6 is 11.3 Å². The summed E-state index contributed by atoms with van der Waals surface area (Å²) in [5, 5.41) is 6.07. The molecule has 0 radical (unpaired) electrons. The van der Waals surface area contributed by atoms with Crippen molar-refractivity contribution in [1.82, 2.24) is 10.3 Å². The van der Waals surface area contributed by atoms with E-state index in [1.807, 2.05) is 68.6 Å². The van der Waals surface area contributed by atoms with Gasteiger partial charge in [0.15, 0.2) is 11.5 Å². The van der Waals surface area contributed by atoms with Crippen LogP contribution in [0, 0.1) is 6.92 Å². The highest BCUT2D eigenvalue weighted by Gasteiger charge is 2.26. The SMILES string of the molecule is Cc1csc(-c2ccc(C(=O)NC(C)(C)c3ccc4c(c3)OCO4)cc2)n1. The summed E-state index contributed by atoms with van der Waals surface area (Å²) in [5.74, 6) is 1.31. The minimum Gasteiger partial charge on any atom is -0.454 e. The molecule has 0 atom stereocenters. The van der Waals surface area contributed by atoms with Crippen LogP contribution in [0.2, 0.25) is 0 Å². The van der Waals surface area contributed by atoms with Gasteiger partial charge in [-0.25, -0.2) is 4.98 Å². The summed E-state index contributed by atoms with van der Waals surface area (Å²) in [6, 6.07) is 13.3. The molecule has 138 valence electrons. The van der Waals surface area contributed by atoms with Gasteiger partial charge in [0, 0.05) is 22.2 Å². The molecule has 0 spiro atoms. The van der Waals surface area contributed by atoms with E-state index >= 15 is 0 Å². The number of nitrogens with zero attached hydrogens (tertiary/aromatic N) is 1. The van der Waals surface area contributed by atoms with Crippen LogP contribution in [0.1, 0.15) is 35.5 Å². The lowest BCUT2D eigenvalue weighted by atomic mass is 9.93. The Hall–Kier alpha value is -2.86. The second-order valence-electron chi connectivity index (χ2n) is 7.02. The van der Waals surface area contributed by atoms with Crippen LogP contribution in [-0.4, -0.2) is 17.7 Å². The number of rotatable bonds is 4. The molecule has 6 heteroatoms. The Morgan fingerprint density at radius 3 is 2.56 bits per heavy atom. The van der Waals surface area contributed by atoms with Crippen LogP contribution < -0.4 is 14.8 Å². The molecule has 4 rings (SSSR count). The molecule has 27 heavy (non-hydrogen) atoms. The molecule has 1 amide bonds. The van der Waals surface area contributed by atoms with Crippen molar-refractivity contribution in [2.24, 2.45) is 0 Å². The summed E-state index contributed by atoms with van der Waals surface area (Å²) >= 11 is 1.60. The van der Waals surface area contributed by atoms with Crippen LogP contribution in [0.5, 0.6) is 11.5 Å². The average Bonchev–Trinajstić information content (AvgIpc) is 3.29. The maximum absolute atomic E-state index is 12.7. The topological polar surface area (TPSA) is 60.5 Å². The van der Waals surface area contributed by atoms with Crippen LogP contribution in [0.25, 0.3) is 10.6 Å². The maximum atomic E-state index is 12.7. The Labute approximate surface area is 162 Å². The first-order valence-corrected chi connectivity index (χ1v) is 9.55. The molecule has 0 aliphatic carbocycles. The number of ether oxygens (including phenoxy) is 2. The molecule has 0 saturated heterocycles. The molecule has 0 bridgehead atoms. The Kier molecular flexibility index (Phi) is 4.36. The summed E-state index contributed by atoms with van der Waals surface area (Å²) < 4.78 is 10.8. The maximum Gasteiger partial charge on any atom is 0.251 e. The Morgan fingerprint density at radius 1 is 1.11 bits per heavy atom. The number of hydrogen-bond donors (Lipinski definition) is 1. The minimum absolute atomic E-state index is 0.125. The van der Waals surface area contributed by atoms with Crippen molar-refractivity contribution in [2.75, 3.05) is 6.79 Å². The van der Waals surface area contributed by atoms with E-state index in [-0.39, 0.29) is 12.7 Å². The van der Waals surface area contributed by atoms with Crippen molar-refractivity contribution < 1.29 is 14.3 Å². The normalized spacial score (nSPS) is 12.9. The van der Waals surface area contributed by atoms with Gasteiger partial charge in [-0.1, -0.05) is 18.2 Å². The van der Waals surface area contributed by atoms with Gasteiger partial charge in [-0.2, -0.15) is 0 Å². The molecule has 0 unspecified atom stereocenters. The second kappa shape index (κ2) is 6.70.